The van der Waals surface area contributed by atoms with E-state index in [1.807, 2.05) is 49.4 Å². The van der Waals surface area contributed by atoms with E-state index in [2.05, 4.69) is 28.2 Å². The maximum Gasteiger partial charge on any atom is 0.256 e. The zero-order valence-corrected chi connectivity index (χ0v) is 13.7. The number of amides is 1. The van der Waals surface area contributed by atoms with E-state index in [1.165, 1.54) is 0 Å². The van der Waals surface area contributed by atoms with Gasteiger partial charge in [-0.2, -0.15) is 0 Å². The molecule has 0 bridgehead atoms. The fourth-order valence-corrected chi connectivity index (χ4v) is 2.27. The SMILES string of the molecule is CCC(C)Oc1cccc(NC(=O)c2ccccc2Br)c1. The normalized spacial score (nSPS) is 11.8. The molecule has 0 aliphatic rings. The predicted octanol–water partition coefficient (Wildman–Crippen LogP) is 4.88. The van der Waals surface area contributed by atoms with Crippen LogP contribution in [-0.2, 0) is 0 Å². The number of hydrogen-bond donors (Lipinski definition) is 1. The Morgan fingerprint density at radius 3 is 2.71 bits per heavy atom. The Balaban J connectivity index is 2.11. The first-order valence-electron chi connectivity index (χ1n) is 6.92. The first-order chi connectivity index (χ1) is 10.1. The number of halogens is 1. The fraction of sp³-hybridized carbons (Fsp3) is 0.235. The molecule has 1 N–H and O–H groups in total. The van der Waals surface area contributed by atoms with E-state index >= 15 is 0 Å². The zero-order chi connectivity index (χ0) is 15.2. The summed E-state index contributed by atoms with van der Waals surface area (Å²) in [4.78, 5) is 12.2. The van der Waals surface area contributed by atoms with E-state index in [4.69, 9.17) is 4.74 Å². The molecule has 0 heterocycles. The molecule has 0 aromatic heterocycles. The van der Waals surface area contributed by atoms with Crippen LogP contribution in [0, 0.1) is 0 Å². The summed E-state index contributed by atoms with van der Waals surface area (Å²) in [5, 5.41) is 2.88. The maximum absolute atomic E-state index is 12.2. The molecule has 1 atom stereocenters. The van der Waals surface area contributed by atoms with Crippen LogP contribution >= 0.6 is 15.9 Å². The van der Waals surface area contributed by atoms with Crippen molar-refractivity contribution in [2.24, 2.45) is 0 Å². The predicted molar refractivity (Wildman–Crippen MR) is 88.9 cm³/mol. The van der Waals surface area contributed by atoms with Crippen molar-refractivity contribution in [2.75, 3.05) is 5.32 Å². The van der Waals surface area contributed by atoms with Gasteiger partial charge < -0.3 is 10.1 Å². The largest absolute Gasteiger partial charge is 0.491 e. The second-order valence-electron chi connectivity index (χ2n) is 4.80. The molecule has 0 spiro atoms. The van der Waals surface area contributed by atoms with Crippen molar-refractivity contribution in [3.05, 3.63) is 58.6 Å². The number of benzene rings is 2. The lowest BCUT2D eigenvalue weighted by Gasteiger charge is -2.14. The van der Waals surface area contributed by atoms with E-state index in [9.17, 15) is 4.79 Å². The monoisotopic (exact) mass is 347 g/mol. The van der Waals surface area contributed by atoms with Gasteiger partial charge >= 0.3 is 0 Å². The number of ether oxygens (including phenoxy) is 1. The first-order valence-corrected chi connectivity index (χ1v) is 7.72. The molecule has 0 aliphatic heterocycles. The highest BCUT2D eigenvalue weighted by Crippen LogP contribution is 2.21. The molecule has 0 aliphatic carbocycles. The molecule has 3 nitrogen and oxygen atoms in total. The molecule has 1 unspecified atom stereocenters. The highest BCUT2D eigenvalue weighted by molar-refractivity contribution is 9.10. The topological polar surface area (TPSA) is 38.3 Å². The molecule has 1 amide bonds. The lowest BCUT2D eigenvalue weighted by Crippen LogP contribution is -2.13. The highest BCUT2D eigenvalue weighted by atomic mass is 79.9. The average Bonchev–Trinajstić information content (AvgIpc) is 2.47. The minimum atomic E-state index is -0.150. The summed E-state index contributed by atoms with van der Waals surface area (Å²) >= 11 is 3.38. The average molecular weight is 348 g/mol. The Morgan fingerprint density at radius 2 is 2.00 bits per heavy atom. The van der Waals surface area contributed by atoms with Crippen LogP contribution in [-0.4, -0.2) is 12.0 Å². The van der Waals surface area contributed by atoms with E-state index in [-0.39, 0.29) is 12.0 Å². The minimum absolute atomic E-state index is 0.150. The quantitative estimate of drug-likeness (QED) is 0.836. The van der Waals surface area contributed by atoms with Crippen molar-refractivity contribution in [3.63, 3.8) is 0 Å². The van der Waals surface area contributed by atoms with Crippen molar-refractivity contribution >= 4 is 27.5 Å². The summed E-state index contributed by atoms with van der Waals surface area (Å²) in [5.41, 5.74) is 1.32. The molecule has 21 heavy (non-hydrogen) atoms. The van der Waals surface area contributed by atoms with Crippen LogP contribution in [0.1, 0.15) is 30.6 Å². The van der Waals surface area contributed by atoms with Gasteiger partial charge in [0.05, 0.1) is 11.7 Å². The van der Waals surface area contributed by atoms with Gasteiger partial charge in [0.25, 0.3) is 5.91 Å². The van der Waals surface area contributed by atoms with Crippen molar-refractivity contribution < 1.29 is 9.53 Å². The van der Waals surface area contributed by atoms with Gasteiger partial charge in [-0.15, -0.1) is 0 Å². The van der Waals surface area contributed by atoms with Gasteiger partial charge in [0.15, 0.2) is 0 Å². The zero-order valence-electron chi connectivity index (χ0n) is 12.1. The molecule has 110 valence electrons. The van der Waals surface area contributed by atoms with Gasteiger partial charge in [-0.25, -0.2) is 0 Å². The fourth-order valence-electron chi connectivity index (χ4n) is 1.81. The maximum atomic E-state index is 12.2. The highest BCUT2D eigenvalue weighted by Gasteiger charge is 2.10. The number of carbonyl (C=O) groups excluding carboxylic acids is 1. The third kappa shape index (κ3) is 4.33. The van der Waals surface area contributed by atoms with Crippen molar-refractivity contribution in [2.45, 2.75) is 26.4 Å². The van der Waals surface area contributed by atoms with Crippen LogP contribution in [0.15, 0.2) is 53.0 Å². The van der Waals surface area contributed by atoms with Crippen LogP contribution < -0.4 is 10.1 Å². The standard InChI is InChI=1S/C17H18BrNO2/c1-3-12(2)21-14-8-6-7-13(11-14)19-17(20)15-9-4-5-10-16(15)18/h4-12H,3H2,1-2H3,(H,19,20). The minimum Gasteiger partial charge on any atom is -0.491 e. The lowest BCUT2D eigenvalue weighted by molar-refractivity contribution is 0.102. The number of carbonyl (C=O) groups is 1. The van der Waals surface area contributed by atoms with E-state index in [1.54, 1.807) is 6.07 Å². The number of rotatable bonds is 5. The van der Waals surface area contributed by atoms with Crippen molar-refractivity contribution in [3.8, 4) is 5.75 Å². The van der Waals surface area contributed by atoms with Crippen LogP contribution in [0.4, 0.5) is 5.69 Å². The Morgan fingerprint density at radius 1 is 1.24 bits per heavy atom. The summed E-state index contributed by atoms with van der Waals surface area (Å²) in [6.45, 7) is 4.09. The summed E-state index contributed by atoms with van der Waals surface area (Å²) < 4.78 is 6.53. The van der Waals surface area contributed by atoms with Gasteiger partial charge in [0, 0.05) is 16.2 Å². The molecule has 0 saturated heterocycles. The molecule has 4 heteroatoms. The van der Waals surface area contributed by atoms with Crippen molar-refractivity contribution in [1.82, 2.24) is 0 Å². The van der Waals surface area contributed by atoms with Crippen molar-refractivity contribution in [1.29, 1.82) is 0 Å². The smallest absolute Gasteiger partial charge is 0.256 e. The van der Waals surface area contributed by atoms with Gasteiger partial charge in [-0.3, -0.25) is 4.79 Å². The van der Waals surface area contributed by atoms with Crippen LogP contribution in [0.5, 0.6) is 5.75 Å². The van der Waals surface area contributed by atoms with E-state index in [0.29, 0.717) is 5.56 Å². The van der Waals surface area contributed by atoms with E-state index in [0.717, 1.165) is 22.3 Å². The third-order valence-electron chi connectivity index (χ3n) is 3.12. The molecule has 0 radical (unpaired) electrons. The second kappa shape index (κ2) is 7.27. The summed E-state index contributed by atoms with van der Waals surface area (Å²) in [6, 6.07) is 14.8. The summed E-state index contributed by atoms with van der Waals surface area (Å²) in [6.07, 6.45) is 1.09. The molecule has 0 fully saturated rings. The number of nitrogens with one attached hydrogen (secondary N) is 1. The molecule has 0 saturated carbocycles. The van der Waals surface area contributed by atoms with Crippen LogP contribution in [0.3, 0.4) is 0 Å². The number of hydrogen-bond acceptors (Lipinski definition) is 2. The van der Waals surface area contributed by atoms with Crippen LogP contribution in [0.25, 0.3) is 0 Å². The molecule has 2 aromatic carbocycles. The van der Waals surface area contributed by atoms with E-state index < -0.39 is 0 Å². The van der Waals surface area contributed by atoms with Crippen LogP contribution in [0.2, 0.25) is 0 Å². The van der Waals surface area contributed by atoms with Gasteiger partial charge in [-0.05, 0) is 53.5 Å². The first kappa shape index (κ1) is 15.6. The Bertz CT molecular complexity index is 628. The van der Waals surface area contributed by atoms with Gasteiger partial charge in [0.2, 0.25) is 0 Å². The summed E-state index contributed by atoms with van der Waals surface area (Å²) in [7, 11) is 0. The van der Waals surface area contributed by atoms with Gasteiger partial charge in [-0.1, -0.05) is 25.1 Å². The summed E-state index contributed by atoms with van der Waals surface area (Å²) in [5.74, 6) is 0.609. The third-order valence-corrected chi connectivity index (χ3v) is 3.81. The Kier molecular flexibility index (Phi) is 5.39. The Hall–Kier alpha value is -1.81. The molecule has 2 rings (SSSR count). The Labute approximate surface area is 133 Å². The second-order valence-corrected chi connectivity index (χ2v) is 5.65. The molecular weight excluding hydrogens is 330 g/mol. The molecular formula is C17H18BrNO2. The lowest BCUT2D eigenvalue weighted by atomic mass is 10.2. The molecule has 2 aromatic rings. The number of anilines is 1. The van der Waals surface area contributed by atoms with Gasteiger partial charge in [0.1, 0.15) is 5.75 Å².